The van der Waals surface area contributed by atoms with Crippen molar-refractivity contribution in [3.05, 3.63) is 54.0 Å². The Morgan fingerprint density at radius 1 is 0.963 bits per heavy atom. The van der Waals surface area contributed by atoms with E-state index in [1.807, 2.05) is 36.4 Å². The molecule has 2 unspecified atom stereocenters. The Bertz CT molecular complexity index is 857. The zero-order chi connectivity index (χ0) is 18.4. The third-order valence-electron chi connectivity index (χ3n) is 6.19. The summed E-state index contributed by atoms with van der Waals surface area (Å²) in [6.45, 7) is 1.48. The lowest BCUT2D eigenvalue weighted by atomic mass is 9.83. The highest BCUT2D eigenvalue weighted by atomic mass is 16.2. The van der Waals surface area contributed by atoms with Crippen LogP contribution in [-0.4, -0.2) is 39.8 Å². The van der Waals surface area contributed by atoms with Crippen LogP contribution in [-0.2, 0) is 16.1 Å². The monoisotopic (exact) mass is 362 g/mol. The molecule has 2 amide bonds. The van der Waals surface area contributed by atoms with Crippen molar-refractivity contribution in [1.82, 2.24) is 14.9 Å². The summed E-state index contributed by atoms with van der Waals surface area (Å²) >= 11 is 0. The predicted molar refractivity (Wildman–Crippen MR) is 99.8 cm³/mol. The highest BCUT2D eigenvalue weighted by Gasteiger charge is 2.52. The van der Waals surface area contributed by atoms with Crippen LogP contribution in [0, 0.1) is 11.8 Å². The number of hydrogen-bond acceptors (Lipinski definition) is 5. The molecular weight excluding hydrogens is 340 g/mol. The number of likely N-dealkylation sites (tertiary alicyclic amines) is 1. The van der Waals surface area contributed by atoms with Gasteiger partial charge in [0.2, 0.25) is 11.8 Å². The van der Waals surface area contributed by atoms with Gasteiger partial charge in [-0.1, -0.05) is 36.8 Å². The van der Waals surface area contributed by atoms with Crippen LogP contribution in [0.5, 0.6) is 0 Å². The van der Waals surface area contributed by atoms with Gasteiger partial charge in [-0.25, -0.2) is 9.97 Å². The Hall–Kier alpha value is -2.76. The number of hydrogen-bond donors (Lipinski definition) is 0. The quantitative estimate of drug-likeness (QED) is 0.781. The lowest BCUT2D eigenvalue weighted by Crippen LogP contribution is -2.36. The molecule has 3 heterocycles. The minimum atomic E-state index is -0.261. The van der Waals surface area contributed by atoms with Gasteiger partial charge in [0, 0.05) is 30.8 Å². The van der Waals surface area contributed by atoms with E-state index in [1.54, 1.807) is 6.33 Å². The molecule has 6 heteroatoms. The number of anilines is 1. The number of fused-ring (bicyclic) bond motifs is 1. The number of amides is 2. The molecule has 0 radical (unpaired) electrons. The van der Waals surface area contributed by atoms with Crippen molar-refractivity contribution >= 4 is 17.6 Å². The maximum Gasteiger partial charge on any atom is 0.235 e. The van der Waals surface area contributed by atoms with E-state index in [-0.39, 0.29) is 23.7 Å². The highest BCUT2D eigenvalue weighted by Crippen LogP contribution is 2.38. The fraction of sp³-hybridized carbons (Fsp3) is 0.429. The molecule has 2 aliphatic heterocycles. The molecule has 6 nitrogen and oxygen atoms in total. The van der Waals surface area contributed by atoms with Crippen molar-refractivity contribution in [2.45, 2.75) is 31.7 Å². The second-order valence-electron chi connectivity index (χ2n) is 7.80. The van der Waals surface area contributed by atoms with Gasteiger partial charge in [-0.2, -0.15) is 0 Å². The molecule has 2 saturated heterocycles. The molecule has 27 heavy (non-hydrogen) atoms. The molecule has 1 aromatic heterocycles. The van der Waals surface area contributed by atoms with Crippen molar-refractivity contribution in [2.24, 2.45) is 11.8 Å². The summed E-state index contributed by atoms with van der Waals surface area (Å²) in [6.07, 6.45) is 5.25. The summed E-state index contributed by atoms with van der Waals surface area (Å²) in [4.78, 5) is 38.0. The molecule has 2 atom stereocenters. The molecule has 138 valence electrons. The molecule has 0 N–H and O–H groups in total. The van der Waals surface area contributed by atoms with Gasteiger partial charge in [0.15, 0.2) is 0 Å². The Morgan fingerprint density at radius 3 is 2.30 bits per heavy atom. The van der Waals surface area contributed by atoms with Crippen LogP contribution >= 0.6 is 0 Å². The van der Waals surface area contributed by atoms with Gasteiger partial charge in [-0.05, 0) is 18.4 Å². The summed E-state index contributed by atoms with van der Waals surface area (Å²) in [5, 5.41) is 0. The SMILES string of the molecule is O=C1C2CN(c3cc(C4CCC4)ncn3)CC2C(=O)N1Cc1ccccc1. The van der Waals surface area contributed by atoms with Gasteiger partial charge in [-0.3, -0.25) is 14.5 Å². The zero-order valence-electron chi connectivity index (χ0n) is 15.1. The molecule has 2 aromatic rings. The average Bonchev–Trinajstić information content (AvgIpc) is 3.18. The van der Waals surface area contributed by atoms with E-state index in [4.69, 9.17) is 0 Å². The maximum atomic E-state index is 12.9. The molecule has 5 rings (SSSR count). The van der Waals surface area contributed by atoms with Crippen molar-refractivity contribution in [3.8, 4) is 0 Å². The van der Waals surface area contributed by atoms with Gasteiger partial charge in [-0.15, -0.1) is 0 Å². The van der Waals surface area contributed by atoms with Crippen LogP contribution in [0.3, 0.4) is 0 Å². The fourth-order valence-corrected chi connectivity index (χ4v) is 4.38. The first-order chi connectivity index (χ1) is 13.2. The van der Waals surface area contributed by atoms with Crippen LogP contribution < -0.4 is 4.90 Å². The third kappa shape index (κ3) is 2.80. The van der Waals surface area contributed by atoms with Crippen LogP contribution in [0.25, 0.3) is 0 Å². The number of benzene rings is 1. The number of nitrogens with zero attached hydrogens (tertiary/aromatic N) is 4. The third-order valence-corrected chi connectivity index (χ3v) is 6.19. The lowest BCUT2D eigenvalue weighted by Gasteiger charge is -2.26. The molecule has 1 aliphatic carbocycles. The number of rotatable bonds is 4. The molecule has 3 fully saturated rings. The van der Waals surface area contributed by atoms with Gasteiger partial charge in [0.25, 0.3) is 0 Å². The van der Waals surface area contributed by atoms with Crippen molar-refractivity contribution in [3.63, 3.8) is 0 Å². The first-order valence-electron chi connectivity index (χ1n) is 9.67. The van der Waals surface area contributed by atoms with Crippen molar-refractivity contribution < 1.29 is 9.59 Å². The molecule has 1 saturated carbocycles. The summed E-state index contributed by atoms with van der Waals surface area (Å²) < 4.78 is 0. The summed E-state index contributed by atoms with van der Waals surface area (Å²) in [5.41, 5.74) is 2.07. The smallest absolute Gasteiger partial charge is 0.235 e. The van der Waals surface area contributed by atoms with Crippen molar-refractivity contribution in [2.75, 3.05) is 18.0 Å². The van der Waals surface area contributed by atoms with E-state index in [0.29, 0.717) is 25.6 Å². The van der Waals surface area contributed by atoms with Gasteiger partial charge in [0.1, 0.15) is 12.1 Å². The fourth-order valence-electron chi connectivity index (χ4n) is 4.38. The summed E-state index contributed by atoms with van der Waals surface area (Å²) in [5.74, 6) is 0.760. The van der Waals surface area contributed by atoms with Gasteiger partial charge >= 0.3 is 0 Å². The van der Waals surface area contributed by atoms with E-state index in [0.717, 1.165) is 17.1 Å². The van der Waals surface area contributed by atoms with E-state index in [9.17, 15) is 9.59 Å². The molecular formula is C21H22N4O2. The molecule has 0 bridgehead atoms. The Morgan fingerprint density at radius 2 is 1.67 bits per heavy atom. The standard InChI is InChI=1S/C21H22N4O2/c26-20-16-11-24(19-9-18(22-13-23-19)15-7-4-8-15)12-17(16)21(27)25(20)10-14-5-2-1-3-6-14/h1-3,5-6,9,13,15-17H,4,7-8,10-12H2. The normalized spacial score (nSPS) is 25.0. The predicted octanol–water partition coefficient (Wildman–Crippen LogP) is 2.37. The maximum absolute atomic E-state index is 12.9. The zero-order valence-corrected chi connectivity index (χ0v) is 15.1. The molecule has 1 aromatic carbocycles. The number of carbonyl (C=O) groups is 2. The number of aromatic nitrogens is 2. The van der Waals surface area contributed by atoms with Crippen LogP contribution in [0.2, 0.25) is 0 Å². The van der Waals surface area contributed by atoms with Gasteiger partial charge in [0.05, 0.1) is 18.4 Å². The van der Waals surface area contributed by atoms with Crippen molar-refractivity contribution in [1.29, 1.82) is 0 Å². The Kier molecular flexibility index (Phi) is 3.92. The average molecular weight is 362 g/mol. The largest absolute Gasteiger partial charge is 0.355 e. The Labute approximate surface area is 158 Å². The number of carbonyl (C=O) groups excluding carboxylic acids is 2. The van der Waals surface area contributed by atoms with Crippen LogP contribution in [0.4, 0.5) is 5.82 Å². The topological polar surface area (TPSA) is 66.4 Å². The number of imide groups is 1. The minimum absolute atomic E-state index is 0.0513. The molecule has 3 aliphatic rings. The highest BCUT2D eigenvalue weighted by molar-refractivity contribution is 6.06. The van der Waals surface area contributed by atoms with Crippen LogP contribution in [0.15, 0.2) is 42.7 Å². The second kappa shape index (κ2) is 6.44. The Balaban J connectivity index is 1.32. The van der Waals surface area contributed by atoms with E-state index in [2.05, 4.69) is 14.9 Å². The van der Waals surface area contributed by atoms with E-state index in [1.165, 1.54) is 24.2 Å². The lowest BCUT2D eigenvalue weighted by molar-refractivity contribution is -0.140. The first-order valence-corrected chi connectivity index (χ1v) is 9.67. The van der Waals surface area contributed by atoms with Crippen LogP contribution in [0.1, 0.15) is 36.4 Å². The summed E-state index contributed by atoms with van der Waals surface area (Å²) in [6, 6.07) is 11.7. The second-order valence-corrected chi connectivity index (χ2v) is 7.80. The first kappa shape index (κ1) is 16.4. The summed E-state index contributed by atoms with van der Waals surface area (Å²) in [7, 11) is 0. The molecule has 0 spiro atoms. The van der Waals surface area contributed by atoms with E-state index < -0.39 is 0 Å². The van der Waals surface area contributed by atoms with E-state index >= 15 is 0 Å². The minimum Gasteiger partial charge on any atom is -0.355 e. The van der Waals surface area contributed by atoms with Gasteiger partial charge < -0.3 is 4.90 Å².